The van der Waals surface area contributed by atoms with Gasteiger partial charge in [-0.25, -0.2) is 9.37 Å². The first-order valence-corrected chi connectivity index (χ1v) is 4.93. The molecule has 0 aliphatic heterocycles. The van der Waals surface area contributed by atoms with Crippen molar-refractivity contribution in [2.75, 3.05) is 7.11 Å². The molecule has 0 atom stereocenters. The van der Waals surface area contributed by atoms with Gasteiger partial charge in [-0.15, -0.1) is 0 Å². The molecule has 0 radical (unpaired) electrons. The molecular formula is C10H10FN5O2. The lowest BCUT2D eigenvalue weighted by molar-refractivity contribution is 0.0995. The molecule has 0 fully saturated rings. The van der Waals surface area contributed by atoms with Gasteiger partial charge < -0.3 is 10.5 Å². The van der Waals surface area contributed by atoms with Crippen molar-refractivity contribution in [2.24, 2.45) is 12.8 Å². The summed E-state index contributed by atoms with van der Waals surface area (Å²) < 4.78 is 19.8. The number of carbonyl (C=O) groups is 1. The summed E-state index contributed by atoms with van der Waals surface area (Å²) in [4.78, 5) is 18.7. The average molecular weight is 251 g/mol. The molecule has 0 unspecified atom stereocenters. The van der Waals surface area contributed by atoms with Crippen molar-refractivity contribution < 1.29 is 13.9 Å². The molecule has 8 heteroatoms. The minimum absolute atomic E-state index is 0.00864. The summed E-state index contributed by atoms with van der Waals surface area (Å²) in [5, 5.41) is 3.86. The molecule has 1 amide bonds. The summed E-state index contributed by atoms with van der Waals surface area (Å²) in [6.45, 7) is 0. The number of nitrogens with two attached hydrogens (primary N) is 1. The number of hydrogen-bond donors (Lipinski definition) is 1. The Kier molecular flexibility index (Phi) is 2.92. The van der Waals surface area contributed by atoms with E-state index in [1.807, 2.05) is 0 Å². The molecule has 2 N–H and O–H groups in total. The van der Waals surface area contributed by atoms with Crippen LogP contribution >= 0.6 is 0 Å². The first kappa shape index (κ1) is 12.0. The molecule has 0 aliphatic rings. The number of nitrogens with zero attached hydrogens (tertiary/aromatic N) is 4. The van der Waals surface area contributed by atoms with Crippen molar-refractivity contribution in [1.82, 2.24) is 19.7 Å². The maximum Gasteiger partial charge on any atom is 0.316 e. The maximum absolute atomic E-state index is 13.7. The lowest BCUT2D eigenvalue weighted by Crippen LogP contribution is -2.13. The van der Waals surface area contributed by atoms with Crippen LogP contribution in [0.1, 0.15) is 10.5 Å². The SMILES string of the molecule is COc1ncc(F)c(-c2cn(C)nc2C(N)=O)n1. The van der Waals surface area contributed by atoms with Gasteiger partial charge in [0, 0.05) is 13.2 Å². The Hall–Kier alpha value is -2.51. The Balaban J connectivity index is 2.64. The lowest BCUT2D eigenvalue weighted by atomic mass is 10.1. The third-order valence-electron chi connectivity index (χ3n) is 2.22. The van der Waals surface area contributed by atoms with Gasteiger partial charge >= 0.3 is 6.01 Å². The second-order valence-corrected chi connectivity index (χ2v) is 3.48. The monoisotopic (exact) mass is 251 g/mol. The van der Waals surface area contributed by atoms with Gasteiger partial charge in [0.25, 0.3) is 5.91 Å². The van der Waals surface area contributed by atoms with Crippen molar-refractivity contribution in [2.45, 2.75) is 0 Å². The van der Waals surface area contributed by atoms with E-state index in [1.54, 1.807) is 7.05 Å². The Morgan fingerprint density at radius 1 is 1.56 bits per heavy atom. The van der Waals surface area contributed by atoms with Crippen LogP contribution in [-0.4, -0.2) is 32.8 Å². The van der Waals surface area contributed by atoms with Gasteiger partial charge in [-0.3, -0.25) is 9.48 Å². The summed E-state index contributed by atoms with van der Waals surface area (Å²) in [5.74, 6) is -1.45. The quantitative estimate of drug-likeness (QED) is 0.836. The summed E-state index contributed by atoms with van der Waals surface area (Å²) >= 11 is 0. The van der Waals surface area contributed by atoms with Crippen LogP contribution in [0.15, 0.2) is 12.4 Å². The van der Waals surface area contributed by atoms with Crippen LogP contribution < -0.4 is 10.5 Å². The number of carbonyl (C=O) groups excluding carboxylic acids is 1. The van der Waals surface area contributed by atoms with Gasteiger partial charge in [0.15, 0.2) is 11.5 Å². The zero-order chi connectivity index (χ0) is 13.3. The predicted octanol–water partition coefficient (Wildman–Crippen LogP) is 0.124. The largest absolute Gasteiger partial charge is 0.467 e. The Labute approximate surface area is 101 Å². The fourth-order valence-electron chi connectivity index (χ4n) is 1.48. The van der Waals surface area contributed by atoms with Crippen molar-refractivity contribution in [3.05, 3.63) is 23.9 Å². The van der Waals surface area contributed by atoms with Crippen LogP contribution in [0.2, 0.25) is 0 Å². The molecule has 0 aromatic carbocycles. The molecule has 2 rings (SSSR count). The number of aromatic nitrogens is 4. The Bertz CT molecular complexity index is 610. The highest BCUT2D eigenvalue weighted by Gasteiger charge is 2.20. The van der Waals surface area contributed by atoms with Crippen LogP contribution in [0.25, 0.3) is 11.3 Å². The maximum atomic E-state index is 13.7. The number of aryl methyl sites for hydroxylation is 1. The Morgan fingerprint density at radius 3 is 2.89 bits per heavy atom. The van der Waals surface area contributed by atoms with Gasteiger partial charge in [-0.05, 0) is 0 Å². The van der Waals surface area contributed by atoms with Gasteiger partial charge in [0.2, 0.25) is 0 Å². The molecule has 0 saturated heterocycles. The number of halogens is 1. The number of hydrogen-bond acceptors (Lipinski definition) is 5. The number of methoxy groups -OCH3 is 1. The molecule has 2 aromatic rings. The Morgan fingerprint density at radius 2 is 2.28 bits per heavy atom. The zero-order valence-corrected chi connectivity index (χ0v) is 9.72. The van der Waals surface area contributed by atoms with Crippen molar-refractivity contribution in [3.8, 4) is 17.3 Å². The van der Waals surface area contributed by atoms with Crippen LogP contribution in [0, 0.1) is 5.82 Å². The van der Waals surface area contributed by atoms with Crippen LogP contribution in [0.4, 0.5) is 4.39 Å². The smallest absolute Gasteiger partial charge is 0.316 e. The van der Waals surface area contributed by atoms with Gasteiger partial charge in [0.05, 0.1) is 18.9 Å². The second-order valence-electron chi connectivity index (χ2n) is 3.48. The van der Waals surface area contributed by atoms with E-state index in [4.69, 9.17) is 10.5 Å². The van der Waals surface area contributed by atoms with E-state index >= 15 is 0 Å². The van der Waals surface area contributed by atoms with Crippen LogP contribution in [0.3, 0.4) is 0 Å². The lowest BCUT2D eigenvalue weighted by Gasteiger charge is -2.02. The van der Waals surface area contributed by atoms with E-state index in [-0.39, 0.29) is 23.0 Å². The topological polar surface area (TPSA) is 95.9 Å². The molecule has 0 saturated carbocycles. The van der Waals surface area contributed by atoms with E-state index in [0.29, 0.717) is 0 Å². The average Bonchev–Trinajstić information content (AvgIpc) is 2.72. The minimum atomic E-state index is -0.762. The van der Waals surface area contributed by atoms with Crippen LogP contribution in [0.5, 0.6) is 6.01 Å². The predicted molar refractivity (Wildman–Crippen MR) is 59.3 cm³/mol. The first-order valence-electron chi connectivity index (χ1n) is 4.93. The van der Waals surface area contributed by atoms with Gasteiger partial charge in [-0.1, -0.05) is 0 Å². The van der Waals surface area contributed by atoms with Gasteiger partial charge in [-0.2, -0.15) is 10.1 Å². The van der Waals surface area contributed by atoms with Gasteiger partial charge in [0.1, 0.15) is 5.69 Å². The summed E-state index contributed by atoms with van der Waals surface area (Å²) in [6, 6.07) is -0.00864. The molecule has 94 valence electrons. The molecule has 2 heterocycles. The summed E-state index contributed by atoms with van der Waals surface area (Å²) in [6.07, 6.45) is 2.41. The number of primary amides is 1. The fourth-order valence-corrected chi connectivity index (χ4v) is 1.48. The fraction of sp³-hybridized carbons (Fsp3) is 0.200. The molecule has 18 heavy (non-hydrogen) atoms. The summed E-state index contributed by atoms with van der Waals surface area (Å²) in [5.41, 5.74) is 5.23. The zero-order valence-electron chi connectivity index (χ0n) is 9.72. The van der Waals surface area contributed by atoms with E-state index in [9.17, 15) is 9.18 Å². The normalized spacial score (nSPS) is 10.4. The molecule has 7 nitrogen and oxygen atoms in total. The molecule has 0 aliphatic carbocycles. The first-order chi connectivity index (χ1) is 8.52. The van der Waals surface area contributed by atoms with Crippen molar-refractivity contribution in [1.29, 1.82) is 0 Å². The van der Waals surface area contributed by atoms with Crippen molar-refractivity contribution in [3.63, 3.8) is 0 Å². The second kappa shape index (κ2) is 4.40. The molecule has 2 aromatic heterocycles. The molecule has 0 spiro atoms. The highest BCUT2D eigenvalue weighted by Crippen LogP contribution is 2.24. The van der Waals surface area contributed by atoms with E-state index in [0.717, 1.165) is 6.20 Å². The minimum Gasteiger partial charge on any atom is -0.467 e. The standard InChI is InChI=1S/C10H10FN5O2/c1-16-4-5(8(15-16)9(12)17)7-6(11)3-13-10(14-7)18-2/h3-4H,1-2H3,(H2,12,17). The number of ether oxygens (including phenoxy) is 1. The number of rotatable bonds is 3. The highest BCUT2D eigenvalue weighted by molar-refractivity contribution is 5.97. The third kappa shape index (κ3) is 1.99. The number of amides is 1. The molecular weight excluding hydrogens is 241 g/mol. The van der Waals surface area contributed by atoms with E-state index in [1.165, 1.54) is 18.0 Å². The summed E-state index contributed by atoms with van der Waals surface area (Å²) in [7, 11) is 2.95. The van der Waals surface area contributed by atoms with Crippen LogP contribution in [-0.2, 0) is 7.05 Å². The highest BCUT2D eigenvalue weighted by atomic mass is 19.1. The van der Waals surface area contributed by atoms with E-state index in [2.05, 4.69) is 15.1 Å². The molecule has 0 bridgehead atoms. The van der Waals surface area contributed by atoms with Crippen molar-refractivity contribution >= 4 is 5.91 Å². The van der Waals surface area contributed by atoms with E-state index < -0.39 is 11.7 Å². The third-order valence-corrected chi connectivity index (χ3v) is 2.22.